The van der Waals surface area contributed by atoms with Gasteiger partial charge in [-0.2, -0.15) is 0 Å². The van der Waals surface area contributed by atoms with E-state index in [2.05, 4.69) is 10.1 Å². The first-order chi connectivity index (χ1) is 12.4. The number of hydrogen-bond donors (Lipinski definition) is 0. The van der Waals surface area contributed by atoms with Crippen molar-refractivity contribution in [1.82, 2.24) is 15.0 Å². The molecule has 0 N–H and O–H groups in total. The van der Waals surface area contributed by atoms with Gasteiger partial charge in [-0.3, -0.25) is 4.79 Å². The van der Waals surface area contributed by atoms with Gasteiger partial charge in [0.05, 0.1) is 23.8 Å². The maximum absolute atomic E-state index is 13.9. The molecule has 0 saturated heterocycles. The molecule has 0 radical (unpaired) electrons. The molecule has 0 aliphatic carbocycles. The van der Waals surface area contributed by atoms with Crippen molar-refractivity contribution in [2.75, 3.05) is 13.7 Å². The molecule has 1 aromatic carbocycles. The number of hydrogen-bond acceptors (Lipinski definition) is 5. The lowest BCUT2D eigenvalue weighted by atomic mass is 10.1. The Bertz CT molecular complexity index is 968. The number of nitrogens with zero attached hydrogens (tertiary/aromatic N) is 3. The fourth-order valence-electron chi connectivity index (χ4n) is 2.91. The van der Waals surface area contributed by atoms with Crippen LogP contribution in [0.2, 0.25) is 0 Å². The Morgan fingerprint density at radius 2 is 2.08 bits per heavy atom. The summed E-state index contributed by atoms with van der Waals surface area (Å²) >= 11 is 0. The first kappa shape index (κ1) is 17.8. The maximum Gasteiger partial charge on any atom is 0.258 e. The van der Waals surface area contributed by atoms with Gasteiger partial charge in [-0.1, -0.05) is 11.2 Å². The molecule has 3 aromatic rings. The molecule has 0 aliphatic heterocycles. The minimum absolute atomic E-state index is 0.175. The van der Waals surface area contributed by atoms with Crippen LogP contribution in [0, 0.1) is 19.7 Å². The van der Waals surface area contributed by atoms with Gasteiger partial charge >= 0.3 is 0 Å². The molecule has 2 aromatic heterocycles. The lowest BCUT2D eigenvalue weighted by molar-refractivity contribution is 0.0754. The number of ether oxygens (including phenoxy) is 1. The van der Waals surface area contributed by atoms with Crippen LogP contribution in [0.25, 0.3) is 11.1 Å². The van der Waals surface area contributed by atoms with Crippen LogP contribution < -0.4 is 4.74 Å². The highest BCUT2D eigenvalue weighted by Crippen LogP contribution is 2.24. The second-order valence-electron chi connectivity index (χ2n) is 6.05. The molecule has 26 heavy (non-hydrogen) atoms. The van der Waals surface area contributed by atoms with E-state index in [1.54, 1.807) is 36.9 Å². The summed E-state index contributed by atoms with van der Waals surface area (Å²) in [5.74, 6) is -0.453. The summed E-state index contributed by atoms with van der Waals surface area (Å²) in [6, 6.07) is 6.41. The molecule has 2 heterocycles. The average Bonchev–Trinajstić information content (AvgIpc) is 2.99. The molecule has 3 rings (SSSR count). The summed E-state index contributed by atoms with van der Waals surface area (Å²) in [6.45, 7) is 6.20. The van der Waals surface area contributed by atoms with Crippen LogP contribution in [0.5, 0.6) is 5.75 Å². The molecule has 0 unspecified atom stereocenters. The van der Waals surface area contributed by atoms with Crippen LogP contribution in [-0.4, -0.2) is 34.6 Å². The van der Waals surface area contributed by atoms with E-state index >= 15 is 0 Å². The number of aromatic nitrogens is 2. The van der Waals surface area contributed by atoms with E-state index in [0.717, 1.165) is 0 Å². The minimum Gasteiger partial charge on any atom is -0.494 e. The molecule has 0 saturated carbocycles. The number of rotatable bonds is 5. The summed E-state index contributed by atoms with van der Waals surface area (Å²) < 4.78 is 24.1. The van der Waals surface area contributed by atoms with Crippen molar-refractivity contribution in [3.05, 3.63) is 52.6 Å². The summed E-state index contributed by atoms with van der Waals surface area (Å²) in [4.78, 5) is 19.0. The number of fused-ring (bicyclic) bond motifs is 1. The first-order valence-electron chi connectivity index (χ1n) is 8.30. The molecular formula is C19H20FN3O3. The third-order valence-corrected chi connectivity index (χ3v) is 4.23. The summed E-state index contributed by atoms with van der Waals surface area (Å²) in [6.07, 6.45) is 0. The minimum atomic E-state index is -0.453. The van der Waals surface area contributed by atoms with Gasteiger partial charge in [0.1, 0.15) is 0 Å². The second kappa shape index (κ2) is 7.11. The Balaban J connectivity index is 1.95. The fourth-order valence-corrected chi connectivity index (χ4v) is 2.91. The van der Waals surface area contributed by atoms with Gasteiger partial charge in [-0.25, -0.2) is 9.37 Å². The zero-order valence-corrected chi connectivity index (χ0v) is 15.2. The highest BCUT2D eigenvalue weighted by molar-refractivity contribution is 6.06. The standard InChI is InChI=1S/C19H20FN3O3/c1-5-23(10-13-6-7-16(25-4)15(20)9-13)19(24)14-8-11(2)21-18-17(14)12(3)22-26-18/h6-9H,5,10H2,1-4H3. The number of carbonyl (C=O) groups excluding carboxylic acids is 1. The first-order valence-corrected chi connectivity index (χ1v) is 8.30. The van der Waals surface area contributed by atoms with Crippen molar-refractivity contribution in [3.63, 3.8) is 0 Å². The maximum atomic E-state index is 13.9. The van der Waals surface area contributed by atoms with Crippen LogP contribution in [0.1, 0.15) is 34.2 Å². The monoisotopic (exact) mass is 357 g/mol. The lowest BCUT2D eigenvalue weighted by Gasteiger charge is -2.22. The van der Waals surface area contributed by atoms with E-state index in [9.17, 15) is 9.18 Å². The van der Waals surface area contributed by atoms with Crippen LogP contribution in [-0.2, 0) is 6.54 Å². The van der Waals surface area contributed by atoms with E-state index in [-0.39, 0.29) is 18.2 Å². The normalized spacial score (nSPS) is 11.0. The molecule has 0 fully saturated rings. The largest absolute Gasteiger partial charge is 0.494 e. The van der Waals surface area contributed by atoms with Crippen molar-refractivity contribution < 1.29 is 18.4 Å². The van der Waals surface area contributed by atoms with Crippen LogP contribution in [0.4, 0.5) is 4.39 Å². The quantitative estimate of drug-likeness (QED) is 0.697. The SMILES string of the molecule is CCN(Cc1ccc(OC)c(F)c1)C(=O)c1cc(C)nc2onc(C)c12. The number of aryl methyl sites for hydroxylation is 2. The van der Waals surface area contributed by atoms with Crippen LogP contribution >= 0.6 is 0 Å². The van der Waals surface area contributed by atoms with Crippen molar-refractivity contribution in [2.24, 2.45) is 0 Å². The summed E-state index contributed by atoms with van der Waals surface area (Å²) in [7, 11) is 1.41. The van der Waals surface area contributed by atoms with Crippen molar-refractivity contribution in [2.45, 2.75) is 27.3 Å². The molecule has 0 spiro atoms. The predicted molar refractivity (Wildman–Crippen MR) is 94.6 cm³/mol. The van der Waals surface area contributed by atoms with Crippen LogP contribution in [0.3, 0.4) is 0 Å². The average molecular weight is 357 g/mol. The predicted octanol–water partition coefficient (Wildman–Crippen LogP) is 3.65. The Morgan fingerprint density at radius 3 is 2.73 bits per heavy atom. The van der Waals surface area contributed by atoms with Gasteiger partial charge < -0.3 is 14.2 Å². The van der Waals surface area contributed by atoms with Crippen molar-refractivity contribution >= 4 is 17.0 Å². The summed E-state index contributed by atoms with van der Waals surface area (Å²) in [5.41, 5.74) is 2.80. The molecule has 7 heteroatoms. The zero-order valence-electron chi connectivity index (χ0n) is 15.2. The topological polar surface area (TPSA) is 68.5 Å². The number of carbonyl (C=O) groups is 1. The molecule has 0 bridgehead atoms. The molecular weight excluding hydrogens is 337 g/mol. The Morgan fingerprint density at radius 1 is 1.31 bits per heavy atom. The molecule has 0 atom stereocenters. The van der Waals surface area contributed by atoms with E-state index in [4.69, 9.17) is 9.26 Å². The fraction of sp³-hybridized carbons (Fsp3) is 0.316. The van der Waals surface area contributed by atoms with E-state index in [0.29, 0.717) is 40.2 Å². The van der Waals surface area contributed by atoms with Gasteiger partial charge in [-0.15, -0.1) is 0 Å². The van der Waals surface area contributed by atoms with Crippen molar-refractivity contribution in [3.8, 4) is 5.75 Å². The van der Waals surface area contributed by atoms with Gasteiger partial charge in [0.15, 0.2) is 11.6 Å². The highest BCUT2D eigenvalue weighted by atomic mass is 19.1. The number of benzene rings is 1. The molecule has 1 amide bonds. The van der Waals surface area contributed by atoms with E-state index < -0.39 is 5.82 Å². The third-order valence-electron chi connectivity index (χ3n) is 4.23. The molecule has 136 valence electrons. The highest BCUT2D eigenvalue weighted by Gasteiger charge is 2.22. The van der Waals surface area contributed by atoms with Gasteiger partial charge in [0.2, 0.25) is 0 Å². The van der Waals surface area contributed by atoms with Gasteiger partial charge in [0, 0.05) is 18.8 Å². The number of amides is 1. The van der Waals surface area contributed by atoms with Crippen LogP contribution in [0.15, 0.2) is 28.8 Å². The second-order valence-corrected chi connectivity index (χ2v) is 6.05. The van der Waals surface area contributed by atoms with E-state index in [1.165, 1.54) is 13.2 Å². The Hall–Kier alpha value is -2.96. The van der Waals surface area contributed by atoms with Gasteiger partial charge in [-0.05, 0) is 44.5 Å². The smallest absolute Gasteiger partial charge is 0.258 e. The van der Waals surface area contributed by atoms with Crippen molar-refractivity contribution in [1.29, 1.82) is 0 Å². The third kappa shape index (κ3) is 3.24. The van der Waals surface area contributed by atoms with Gasteiger partial charge in [0.25, 0.3) is 11.6 Å². The number of halogens is 1. The molecule has 0 aliphatic rings. The Labute approximate surface area is 150 Å². The lowest BCUT2D eigenvalue weighted by Crippen LogP contribution is -2.30. The number of methoxy groups -OCH3 is 1. The number of pyridine rings is 1. The summed E-state index contributed by atoms with van der Waals surface area (Å²) in [5, 5.41) is 4.52. The Kier molecular flexibility index (Phi) is 4.88. The van der Waals surface area contributed by atoms with E-state index in [1.807, 2.05) is 6.92 Å². The molecule has 6 nitrogen and oxygen atoms in total. The zero-order chi connectivity index (χ0) is 18.8.